The molecule has 0 aromatic rings. The van der Waals surface area contributed by atoms with Crippen molar-refractivity contribution in [3.05, 3.63) is 12.3 Å². The highest BCUT2D eigenvalue weighted by atomic mass is 15.6. The first kappa shape index (κ1) is 14.1. The average Bonchev–Trinajstić information content (AvgIpc) is 2.59. The van der Waals surface area contributed by atoms with E-state index in [-0.39, 0.29) is 6.04 Å². The van der Waals surface area contributed by atoms with E-state index in [4.69, 9.17) is 0 Å². The second-order valence-corrected chi connectivity index (χ2v) is 5.67. The van der Waals surface area contributed by atoms with Crippen LogP contribution in [0.3, 0.4) is 0 Å². The molecule has 0 radical (unpaired) electrons. The third kappa shape index (κ3) is 3.74. The molecule has 1 heterocycles. The molecule has 0 amide bonds. The van der Waals surface area contributed by atoms with Crippen molar-refractivity contribution in [2.24, 2.45) is 11.8 Å². The van der Waals surface area contributed by atoms with Crippen molar-refractivity contribution < 1.29 is 0 Å². The summed E-state index contributed by atoms with van der Waals surface area (Å²) in [5, 5.41) is 13.7. The Kier molecular flexibility index (Phi) is 5.02. The van der Waals surface area contributed by atoms with Crippen molar-refractivity contribution >= 4 is 0 Å². The smallest absolute Gasteiger partial charge is 0.116 e. The van der Waals surface area contributed by atoms with Gasteiger partial charge in [0.25, 0.3) is 0 Å². The largest absolute Gasteiger partial charge is 0.310 e. The number of hydrogen-bond acceptors (Lipinski definition) is 3. The summed E-state index contributed by atoms with van der Waals surface area (Å²) in [6, 6.07) is 2.84. The van der Waals surface area contributed by atoms with Gasteiger partial charge in [0.05, 0.1) is 6.07 Å². The molecule has 96 valence electrons. The molecular weight excluding hydrogens is 210 g/mol. The normalized spacial score (nSPS) is 26.0. The van der Waals surface area contributed by atoms with Crippen molar-refractivity contribution in [2.45, 2.75) is 53.1 Å². The molecule has 17 heavy (non-hydrogen) atoms. The van der Waals surface area contributed by atoms with E-state index in [0.717, 1.165) is 13.0 Å². The molecule has 0 bridgehead atoms. The summed E-state index contributed by atoms with van der Waals surface area (Å²) in [6.07, 6.45) is 5.31. The maximum atomic E-state index is 9.22. The van der Waals surface area contributed by atoms with Gasteiger partial charge in [-0.2, -0.15) is 5.26 Å². The molecule has 0 saturated carbocycles. The van der Waals surface area contributed by atoms with E-state index < -0.39 is 0 Å². The van der Waals surface area contributed by atoms with Crippen LogP contribution in [0, 0.1) is 23.2 Å². The molecule has 1 fully saturated rings. The summed E-state index contributed by atoms with van der Waals surface area (Å²) in [5.74, 6) is 1.14. The highest BCUT2D eigenvalue weighted by Crippen LogP contribution is 2.25. The van der Waals surface area contributed by atoms with Crippen LogP contribution in [0.4, 0.5) is 0 Å². The van der Waals surface area contributed by atoms with Crippen LogP contribution in [0.2, 0.25) is 0 Å². The molecule has 2 unspecified atom stereocenters. The van der Waals surface area contributed by atoms with Gasteiger partial charge in [-0.1, -0.05) is 26.8 Å². The van der Waals surface area contributed by atoms with Gasteiger partial charge in [-0.15, -0.1) is 0 Å². The summed E-state index contributed by atoms with van der Waals surface area (Å²) in [4.78, 5) is 0. The van der Waals surface area contributed by atoms with Gasteiger partial charge in [-0.05, 0) is 32.1 Å². The van der Waals surface area contributed by atoms with E-state index >= 15 is 0 Å². The lowest BCUT2D eigenvalue weighted by atomic mass is 10.1. The van der Waals surface area contributed by atoms with Gasteiger partial charge in [0.2, 0.25) is 0 Å². The van der Waals surface area contributed by atoms with E-state index in [1.165, 1.54) is 0 Å². The van der Waals surface area contributed by atoms with E-state index in [9.17, 15) is 5.26 Å². The lowest BCUT2D eigenvalue weighted by Crippen LogP contribution is -2.45. The van der Waals surface area contributed by atoms with Crippen LogP contribution >= 0.6 is 0 Å². The summed E-state index contributed by atoms with van der Waals surface area (Å²) in [6.45, 7) is 11.9. The van der Waals surface area contributed by atoms with Gasteiger partial charge in [-0.3, -0.25) is 0 Å². The van der Waals surface area contributed by atoms with Gasteiger partial charge in [0.1, 0.15) is 6.04 Å². The van der Waals surface area contributed by atoms with Gasteiger partial charge < -0.3 is 5.01 Å². The molecule has 0 aliphatic carbocycles. The molecule has 1 saturated heterocycles. The number of hydrazine groups is 1. The van der Waals surface area contributed by atoms with E-state index in [1.807, 2.05) is 0 Å². The number of rotatable bonds is 4. The minimum absolute atomic E-state index is 0.0317. The number of allylic oxidation sites excluding steroid dienone is 1. The number of hydrogen-bond donors (Lipinski definition) is 0. The van der Waals surface area contributed by atoms with Gasteiger partial charge >= 0.3 is 0 Å². The monoisotopic (exact) mass is 235 g/mol. The highest BCUT2D eigenvalue weighted by molar-refractivity contribution is 4.99. The van der Waals surface area contributed by atoms with Gasteiger partial charge in [0.15, 0.2) is 0 Å². The number of nitriles is 1. The Balaban J connectivity index is 2.80. The second kappa shape index (κ2) is 6.07. The average molecular weight is 235 g/mol. The predicted octanol–water partition coefficient (Wildman–Crippen LogP) is 3.02. The fraction of sp³-hybridized carbons (Fsp3) is 0.786. The molecular formula is C14H25N3. The van der Waals surface area contributed by atoms with Crippen molar-refractivity contribution in [3.8, 4) is 6.07 Å². The Morgan fingerprint density at radius 3 is 2.47 bits per heavy atom. The van der Waals surface area contributed by atoms with Crippen molar-refractivity contribution in [2.75, 3.05) is 6.54 Å². The molecule has 0 spiro atoms. The van der Waals surface area contributed by atoms with Crippen molar-refractivity contribution in [1.82, 2.24) is 10.0 Å². The molecule has 0 aromatic carbocycles. The summed E-state index contributed by atoms with van der Waals surface area (Å²) in [5.41, 5.74) is 0. The third-order valence-electron chi connectivity index (χ3n) is 3.08. The standard InChI is InChI=1S/C14H25N3/c1-11(2)6-7-16(12(3)4)17-10-13(5)8-14(17)9-15/h6-7,11-14H,8,10H2,1-5H3/b7-6-. The molecule has 1 aliphatic heterocycles. The first-order valence-electron chi connectivity index (χ1n) is 6.58. The van der Waals surface area contributed by atoms with Crippen LogP contribution in [0.1, 0.15) is 41.0 Å². The van der Waals surface area contributed by atoms with E-state index in [0.29, 0.717) is 17.9 Å². The van der Waals surface area contributed by atoms with Crippen molar-refractivity contribution in [3.63, 3.8) is 0 Å². The third-order valence-corrected chi connectivity index (χ3v) is 3.08. The minimum atomic E-state index is 0.0317. The lowest BCUT2D eigenvalue weighted by molar-refractivity contribution is -0.00308. The zero-order valence-corrected chi connectivity index (χ0v) is 11.7. The van der Waals surface area contributed by atoms with Gasteiger partial charge in [-0.25, -0.2) is 5.01 Å². The fourth-order valence-corrected chi connectivity index (χ4v) is 2.21. The van der Waals surface area contributed by atoms with E-state index in [2.05, 4.69) is 63.0 Å². The SMILES string of the molecule is CC(C)/C=C\N(C(C)C)N1CC(C)CC1C#N. The van der Waals surface area contributed by atoms with Crippen LogP contribution < -0.4 is 0 Å². The molecule has 0 aromatic heterocycles. The zero-order chi connectivity index (χ0) is 13.0. The minimum Gasteiger partial charge on any atom is -0.310 e. The Morgan fingerprint density at radius 1 is 1.35 bits per heavy atom. The first-order chi connectivity index (χ1) is 7.95. The lowest BCUT2D eigenvalue weighted by Gasteiger charge is -2.36. The Morgan fingerprint density at radius 2 is 2.00 bits per heavy atom. The zero-order valence-electron chi connectivity index (χ0n) is 11.7. The molecule has 1 aliphatic rings. The maximum Gasteiger partial charge on any atom is 0.116 e. The summed E-state index contributed by atoms with van der Waals surface area (Å²) in [7, 11) is 0. The highest BCUT2D eigenvalue weighted by Gasteiger charge is 2.33. The van der Waals surface area contributed by atoms with E-state index in [1.54, 1.807) is 0 Å². The summed E-state index contributed by atoms with van der Waals surface area (Å²) >= 11 is 0. The van der Waals surface area contributed by atoms with Crippen LogP contribution in [0.5, 0.6) is 0 Å². The topological polar surface area (TPSA) is 30.3 Å². The van der Waals surface area contributed by atoms with Crippen LogP contribution in [-0.2, 0) is 0 Å². The molecule has 3 heteroatoms. The van der Waals surface area contributed by atoms with Crippen molar-refractivity contribution in [1.29, 1.82) is 5.26 Å². The number of nitrogens with zero attached hydrogens (tertiary/aromatic N) is 3. The van der Waals surface area contributed by atoms with Crippen LogP contribution in [0.15, 0.2) is 12.3 Å². The van der Waals surface area contributed by atoms with Gasteiger partial charge in [0, 0.05) is 18.8 Å². The Bertz CT molecular complexity index is 301. The molecule has 3 nitrogen and oxygen atoms in total. The summed E-state index contributed by atoms with van der Waals surface area (Å²) < 4.78 is 0. The quantitative estimate of drug-likeness (QED) is 0.750. The first-order valence-corrected chi connectivity index (χ1v) is 6.58. The molecule has 1 rings (SSSR count). The predicted molar refractivity (Wildman–Crippen MR) is 70.8 cm³/mol. The molecule has 0 N–H and O–H groups in total. The fourth-order valence-electron chi connectivity index (χ4n) is 2.21. The second-order valence-electron chi connectivity index (χ2n) is 5.67. The Labute approximate surface area is 106 Å². The maximum absolute atomic E-state index is 9.22. The molecule has 2 atom stereocenters. The van der Waals surface area contributed by atoms with Crippen LogP contribution in [-0.4, -0.2) is 28.6 Å². The Hall–Kier alpha value is -1.01. The van der Waals surface area contributed by atoms with Crippen LogP contribution in [0.25, 0.3) is 0 Å².